The van der Waals surface area contributed by atoms with Crippen LogP contribution in [0.3, 0.4) is 0 Å². The van der Waals surface area contributed by atoms with Gasteiger partial charge in [0.2, 0.25) is 0 Å². The van der Waals surface area contributed by atoms with Crippen LogP contribution in [0.2, 0.25) is 0 Å². The van der Waals surface area contributed by atoms with Gasteiger partial charge in [0.05, 0.1) is 6.61 Å². The number of benzene rings is 1. The first-order valence-electron chi connectivity index (χ1n) is 8.60. The van der Waals surface area contributed by atoms with Gasteiger partial charge in [0.1, 0.15) is 11.5 Å². The molecule has 1 heterocycles. The quantitative estimate of drug-likeness (QED) is 0.799. The summed E-state index contributed by atoms with van der Waals surface area (Å²) in [5.74, 6) is 1.59. The van der Waals surface area contributed by atoms with Gasteiger partial charge in [-0.3, -0.25) is 4.79 Å². The van der Waals surface area contributed by atoms with Gasteiger partial charge in [-0.05, 0) is 63.5 Å². The molecule has 0 aliphatic carbocycles. The van der Waals surface area contributed by atoms with E-state index in [9.17, 15) is 4.79 Å². The van der Waals surface area contributed by atoms with Gasteiger partial charge in [0.25, 0.3) is 5.91 Å². The Bertz CT molecular complexity index is 470. The fraction of sp³-hybridized carbons (Fsp3) is 0.611. The summed E-state index contributed by atoms with van der Waals surface area (Å²) < 4.78 is 11.1. The zero-order chi connectivity index (χ0) is 16.5. The van der Waals surface area contributed by atoms with E-state index in [0.717, 1.165) is 44.6 Å². The smallest absolute Gasteiger partial charge is 0.260 e. The van der Waals surface area contributed by atoms with Crippen molar-refractivity contribution in [3.8, 4) is 11.5 Å². The maximum atomic E-state index is 12.5. The molecule has 2 rings (SSSR count). The topological polar surface area (TPSA) is 50.8 Å². The zero-order valence-electron chi connectivity index (χ0n) is 14.2. The van der Waals surface area contributed by atoms with Crippen molar-refractivity contribution in [1.82, 2.24) is 10.2 Å². The molecule has 128 valence electrons. The second-order valence-corrected chi connectivity index (χ2v) is 5.76. The van der Waals surface area contributed by atoms with Crippen LogP contribution >= 0.6 is 0 Å². The lowest BCUT2D eigenvalue weighted by Crippen LogP contribution is -2.48. The summed E-state index contributed by atoms with van der Waals surface area (Å²) in [7, 11) is 0. The molecule has 0 atom stereocenters. The van der Waals surface area contributed by atoms with Crippen molar-refractivity contribution in [1.29, 1.82) is 0 Å². The molecule has 1 aromatic carbocycles. The summed E-state index contributed by atoms with van der Waals surface area (Å²) in [5.41, 5.74) is 0. The Morgan fingerprint density at radius 3 is 2.30 bits per heavy atom. The molecule has 1 saturated heterocycles. The molecule has 1 amide bonds. The average Bonchev–Trinajstić information content (AvgIpc) is 2.60. The molecule has 1 aliphatic heterocycles. The molecule has 0 spiro atoms. The molecule has 1 aliphatic rings. The molecule has 0 radical (unpaired) electrons. The van der Waals surface area contributed by atoms with Crippen molar-refractivity contribution in [3.63, 3.8) is 0 Å². The number of hydrogen-bond acceptors (Lipinski definition) is 4. The fourth-order valence-electron chi connectivity index (χ4n) is 2.90. The van der Waals surface area contributed by atoms with E-state index in [2.05, 4.69) is 12.2 Å². The predicted molar refractivity (Wildman–Crippen MR) is 91.0 cm³/mol. The van der Waals surface area contributed by atoms with Gasteiger partial charge in [-0.1, -0.05) is 6.92 Å². The van der Waals surface area contributed by atoms with Gasteiger partial charge < -0.3 is 19.7 Å². The molecule has 5 heteroatoms. The number of rotatable bonds is 8. The predicted octanol–water partition coefficient (Wildman–Crippen LogP) is 2.45. The number of hydrogen-bond donors (Lipinski definition) is 1. The monoisotopic (exact) mass is 320 g/mol. The second kappa shape index (κ2) is 9.40. The lowest BCUT2D eigenvalue weighted by molar-refractivity contribution is -0.136. The number of amides is 1. The van der Waals surface area contributed by atoms with Crippen molar-refractivity contribution in [2.45, 2.75) is 39.2 Å². The van der Waals surface area contributed by atoms with Gasteiger partial charge >= 0.3 is 0 Å². The van der Waals surface area contributed by atoms with Gasteiger partial charge in [-0.2, -0.15) is 0 Å². The number of carbonyl (C=O) groups excluding carboxylic acids is 1. The molecule has 1 aromatic rings. The Morgan fingerprint density at radius 1 is 1.13 bits per heavy atom. The summed E-state index contributed by atoms with van der Waals surface area (Å²) >= 11 is 0. The van der Waals surface area contributed by atoms with Gasteiger partial charge in [-0.15, -0.1) is 0 Å². The fourth-order valence-corrected chi connectivity index (χ4v) is 2.90. The van der Waals surface area contributed by atoms with E-state index >= 15 is 0 Å². The number of ether oxygens (including phenoxy) is 2. The average molecular weight is 320 g/mol. The van der Waals surface area contributed by atoms with E-state index in [1.165, 1.54) is 0 Å². The lowest BCUT2D eigenvalue weighted by atomic mass is 10.0. The van der Waals surface area contributed by atoms with E-state index in [-0.39, 0.29) is 12.5 Å². The normalized spacial score (nSPS) is 15.2. The molecule has 0 aromatic heterocycles. The second-order valence-electron chi connectivity index (χ2n) is 5.76. The highest BCUT2D eigenvalue weighted by atomic mass is 16.5. The summed E-state index contributed by atoms with van der Waals surface area (Å²) in [4.78, 5) is 14.5. The van der Waals surface area contributed by atoms with Gasteiger partial charge in [-0.25, -0.2) is 0 Å². The summed E-state index contributed by atoms with van der Waals surface area (Å²) in [6.07, 6.45) is 3.02. The molecule has 0 saturated carbocycles. The van der Waals surface area contributed by atoms with E-state index in [1.54, 1.807) is 0 Å². The highest BCUT2D eigenvalue weighted by Crippen LogP contribution is 2.18. The van der Waals surface area contributed by atoms with Crippen molar-refractivity contribution < 1.29 is 14.3 Å². The number of piperidine rings is 1. The molecule has 0 unspecified atom stereocenters. The summed E-state index contributed by atoms with van der Waals surface area (Å²) in [6, 6.07) is 7.74. The van der Waals surface area contributed by atoms with Crippen molar-refractivity contribution in [2.24, 2.45) is 0 Å². The molecule has 1 N–H and O–H groups in total. The van der Waals surface area contributed by atoms with Crippen LogP contribution in [-0.4, -0.2) is 49.7 Å². The third kappa shape index (κ3) is 5.43. The standard InChI is InChI=1S/C18H28N2O3/c1-3-13-20(15-9-11-19-12-10-15)18(21)14-23-17-7-5-16(6-8-17)22-4-2/h5-8,15,19H,3-4,9-14H2,1-2H3. The Hall–Kier alpha value is -1.75. The largest absolute Gasteiger partial charge is 0.494 e. The minimum absolute atomic E-state index is 0.0765. The molecule has 23 heavy (non-hydrogen) atoms. The highest BCUT2D eigenvalue weighted by Gasteiger charge is 2.24. The van der Waals surface area contributed by atoms with Crippen molar-refractivity contribution in [2.75, 3.05) is 32.8 Å². The van der Waals surface area contributed by atoms with Crippen LogP contribution in [0.15, 0.2) is 24.3 Å². The Morgan fingerprint density at radius 2 is 1.74 bits per heavy atom. The molecule has 0 bridgehead atoms. The third-order valence-electron chi connectivity index (χ3n) is 4.03. The van der Waals surface area contributed by atoms with Crippen LogP contribution in [0, 0.1) is 0 Å². The van der Waals surface area contributed by atoms with E-state index in [4.69, 9.17) is 9.47 Å². The SMILES string of the molecule is CCCN(C(=O)COc1ccc(OCC)cc1)C1CCNCC1. The lowest BCUT2D eigenvalue weighted by Gasteiger charge is -2.34. The van der Waals surface area contributed by atoms with E-state index < -0.39 is 0 Å². The molecular weight excluding hydrogens is 292 g/mol. The minimum atomic E-state index is 0.0765. The Labute approximate surface area is 139 Å². The third-order valence-corrected chi connectivity index (χ3v) is 4.03. The van der Waals surface area contributed by atoms with Crippen molar-refractivity contribution in [3.05, 3.63) is 24.3 Å². The minimum Gasteiger partial charge on any atom is -0.494 e. The van der Waals surface area contributed by atoms with Gasteiger partial charge in [0, 0.05) is 12.6 Å². The summed E-state index contributed by atoms with van der Waals surface area (Å²) in [5, 5.41) is 3.34. The van der Waals surface area contributed by atoms with E-state index in [1.807, 2.05) is 36.1 Å². The molecule has 1 fully saturated rings. The van der Waals surface area contributed by atoms with Crippen LogP contribution in [0.1, 0.15) is 33.1 Å². The van der Waals surface area contributed by atoms with Crippen LogP contribution in [0.5, 0.6) is 11.5 Å². The first-order valence-corrected chi connectivity index (χ1v) is 8.60. The number of nitrogens with one attached hydrogen (secondary N) is 1. The number of carbonyl (C=O) groups is 1. The Balaban J connectivity index is 1.87. The maximum Gasteiger partial charge on any atom is 0.260 e. The van der Waals surface area contributed by atoms with Crippen LogP contribution < -0.4 is 14.8 Å². The molecule has 5 nitrogen and oxygen atoms in total. The van der Waals surface area contributed by atoms with Crippen LogP contribution in [0.4, 0.5) is 0 Å². The molecular formula is C18H28N2O3. The maximum absolute atomic E-state index is 12.5. The van der Waals surface area contributed by atoms with Gasteiger partial charge in [0.15, 0.2) is 6.61 Å². The Kier molecular flexibility index (Phi) is 7.20. The zero-order valence-corrected chi connectivity index (χ0v) is 14.2. The van der Waals surface area contributed by atoms with E-state index in [0.29, 0.717) is 18.4 Å². The summed E-state index contributed by atoms with van der Waals surface area (Å²) in [6.45, 7) is 7.56. The highest BCUT2D eigenvalue weighted by molar-refractivity contribution is 5.78. The van der Waals surface area contributed by atoms with Crippen molar-refractivity contribution >= 4 is 5.91 Å². The van der Waals surface area contributed by atoms with Crippen LogP contribution in [0.25, 0.3) is 0 Å². The number of nitrogens with zero attached hydrogens (tertiary/aromatic N) is 1. The van der Waals surface area contributed by atoms with Crippen LogP contribution in [-0.2, 0) is 4.79 Å². The first kappa shape index (κ1) is 17.6. The first-order chi connectivity index (χ1) is 11.2.